The molecule has 1 aromatic carbocycles. The molecule has 11 heavy (non-hydrogen) atoms. The molecule has 56 valence electrons. The number of anilines is 1. The zero-order chi connectivity index (χ0) is 8.27. The fraction of sp³-hybridized carbons (Fsp3) is 0. The number of nitrogens with zero attached hydrogens (tertiary/aromatic N) is 3. The highest BCUT2D eigenvalue weighted by atomic mass is 16.3. The summed E-state index contributed by atoms with van der Waals surface area (Å²) >= 11 is 0. The number of hydrogen-bond donors (Lipinski definition) is 2. The summed E-state index contributed by atoms with van der Waals surface area (Å²) in [5.74, 6) is 0.0293. The maximum atomic E-state index is 8.93. The molecule has 0 atom stereocenters. The molecule has 0 aliphatic heterocycles. The van der Waals surface area contributed by atoms with E-state index < -0.39 is 0 Å². The number of nitrogens with two attached hydrogens (primary N) is 1. The van der Waals surface area contributed by atoms with Crippen molar-refractivity contribution in [2.75, 3.05) is 5.73 Å². The first-order chi connectivity index (χ1) is 5.24. The normalized spacial score (nSPS) is 8.73. The van der Waals surface area contributed by atoms with Gasteiger partial charge in [0, 0.05) is 10.6 Å². The maximum Gasteiger partial charge on any atom is 0.116 e. The zero-order valence-electron chi connectivity index (χ0n) is 5.60. The minimum atomic E-state index is 0.0293. The maximum absolute atomic E-state index is 8.93. The molecular weight excluding hydrogens is 144 g/mol. The smallest absolute Gasteiger partial charge is 0.116 e. The molecule has 3 N–H and O–H groups in total. The Balaban J connectivity index is 3.22. The summed E-state index contributed by atoms with van der Waals surface area (Å²) in [5, 5.41) is 12.2. The van der Waals surface area contributed by atoms with Gasteiger partial charge in [-0.15, -0.1) is 0 Å². The second kappa shape index (κ2) is 2.81. The second-order valence-electron chi connectivity index (χ2n) is 1.93. The number of azide groups is 1. The molecule has 0 aromatic heterocycles. The number of benzene rings is 1. The lowest BCUT2D eigenvalue weighted by atomic mass is 10.2. The molecule has 0 saturated heterocycles. The molecule has 0 unspecified atom stereocenters. The summed E-state index contributed by atoms with van der Waals surface area (Å²) in [4.78, 5) is 2.54. The van der Waals surface area contributed by atoms with Crippen LogP contribution in [0.2, 0.25) is 0 Å². The van der Waals surface area contributed by atoms with Crippen LogP contribution >= 0.6 is 0 Å². The molecule has 0 aliphatic rings. The molecule has 0 heterocycles. The Labute approximate surface area is 62.7 Å². The summed E-state index contributed by atoms with van der Waals surface area (Å²) in [5.41, 5.74) is 14.0. The molecule has 5 heteroatoms. The average Bonchev–Trinajstić information content (AvgIpc) is 1.98. The first kappa shape index (κ1) is 7.24. The van der Waals surface area contributed by atoms with E-state index >= 15 is 0 Å². The lowest BCUT2D eigenvalue weighted by molar-refractivity contribution is 0.475. The molecule has 0 fully saturated rings. The minimum Gasteiger partial charge on any atom is -0.508 e. The molecular formula is C6H6N4O. The zero-order valence-corrected chi connectivity index (χ0v) is 5.60. The summed E-state index contributed by atoms with van der Waals surface area (Å²) in [6.07, 6.45) is 0. The van der Waals surface area contributed by atoms with Crippen LogP contribution in [-0.4, -0.2) is 5.11 Å². The van der Waals surface area contributed by atoms with Crippen LogP contribution in [0.1, 0.15) is 0 Å². The van der Waals surface area contributed by atoms with Crippen molar-refractivity contribution in [2.45, 2.75) is 0 Å². The third-order valence-corrected chi connectivity index (χ3v) is 1.17. The number of phenols is 1. The van der Waals surface area contributed by atoms with Crippen LogP contribution in [0.4, 0.5) is 11.4 Å². The Bertz CT molecular complexity index is 316. The molecule has 0 spiro atoms. The topological polar surface area (TPSA) is 95.0 Å². The number of phenolic OH excluding ortho intramolecular Hbond substituents is 1. The van der Waals surface area contributed by atoms with Crippen LogP contribution in [0, 0.1) is 0 Å². The summed E-state index contributed by atoms with van der Waals surface area (Å²) in [7, 11) is 0. The first-order valence-corrected chi connectivity index (χ1v) is 2.87. The summed E-state index contributed by atoms with van der Waals surface area (Å²) in [6, 6.07) is 4.19. The van der Waals surface area contributed by atoms with Gasteiger partial charge < -0.3 is 10.8 Å². The highest BCUT2D eigenvalue weighted by Gasteiger charge is 1.95. The Morgan fingerprint density at radius 1 is 1.55 bits per heavy atom. The molecule has 0 bridgehead atoms. The Kier molecular flexibility index (Phi) is 1.85. The van der Waals surface area contributed by atoms with E-state index in [9.17, 15) is 0 Å². The van der Waals surface area contributed by atoms with Gasteiger partial charge in [-0.25, -0.2) is 0 Å². The van der Waals surface area contributed by atoms with Crippen LogP contribution in [0.25, 0.3) is 10.4 Å². The fourth-order valence-electron chi connectivity index (χ4n) is 0.667. The molecule has 0 aliphatic carbocycles. The van der Waals surface area contributed by atoms with Crippen LogP contribution in [0.15, 0.2) is 23.3 Å². The van der Waals surface area contributed by atoms with Gasteiger partial charge in [-0.05, 0) is 23.7 Å². The van der Waals surface area contributed by atoms with Crippen LogP contribution in [0.3, 0.4) is 0 Å². The monoisotopic (exact) mass is 150 g/mol. The highest BCUT2D eigenvalue weighted by molar-refractivity contribution is 5.64. The van der Waals surface area contributed by atoms with Crippen LogP contribution in [-0.2, 0) is 0 Å². The average molecular weight is 150 g/mol. The SMILES string of the molecule is [N-]=[N+]=Nc1cc(O)ccc1N. The summed E-state index contributed by atoms with van der Waals surface area (Å²) in [6.45, 7) is 0. The second-order valence-corrected chi connectivity index (χ2v) is 1.93. The van der Waals surface area contributed by atoms with Gasteiger partial charge in [0.05, 0.1) is 5.69 Å². The van der Waals surface area contributed by atoms with Crippen molar-refractivity contribution in [1.82, 2.24) is 0 Å². The van der Waals surface area contributed by atoms with E-state index in [4.69, 9.17) is 16.4 Å². The van der Waals surface area contributed by atoms with Gasteiger partial charge in [-0.3, -0.25) is 0 Å². The molecule has 0 saturated carbocycles. The van der Waals surface area contributed by atoms with Crippen molar-refractivity contribution >= 4 is 11.4 Å². The van der Waals surface area contributed by atoms with Gasteiger partial charge >= 0.3 is 0 Å². The van der Waals surface area contributed by atoms with E-state index in [-0.39, 0.29) is 11.4 Å². The van der Waals surface area contributed by atoms with E-state index in [0.29, 0.717) is 5.69 Å². The third kappa shape index (κ3) is 1.53. The quantitative estimate of drug-likeness (QED) is 0.210. The van der Waals surface area contributed by atoms with E-state index in [1.165, 1.54) is 18.2 Å². The molecule has 0 amide bonds. The lowest BCUT2D eigenvalue weighted by Gasteiger charge is -1.97. The molecule has 5 nitrogen and oxygen atoms in total. The first-order valence-electron chi connectivity index (χ1n) is 2.87. The summed E-state index contributed by atoms with van der Waals surface area (Å²) < 4.78 is 0. The highest BCUT2D eigenvalue weighted by Crippen LogP contribution is 2.26. The van der Waals surface area contributed by atoms with E-state index in [1.807, 2.05) is 0 Å². The fourth-order valence-corrected chi connectivity index (χ4v) is 0.667. The van der Waals surface area contributed by atoms with Gasteiger partial charge in [-0.2, -0.15) is 0 Å². The van der Waals surface area contributed by atoms with Gasteiger partial charge in [0.2, 0.25) is 0 Å². The number of aromatic hydroxyl groups is 1. The van der Waals surface area contributed by atoms with Gasteiger partial charge in [0.25, 0.3) is 0 Å². The third-order valence-electron chi connectivity index (χ3n) is 1.17. The van der Waals surface area contributed by atoms with Crippen molar-refractivity contribution in [3.05, 3.63) is 28.6 Å². The minimum absolute atomic E-state index is 0.0293. The van der Waals surface area contributed by atoms with Gasteiger partial charge in [0.15, 0.2) is 0 Å². The van der Waals surface area contributed by atoms with Crippen LogP contribution < -0.4 is 5.73 Å². The Hall–Kier alpha value is -1.87. The standard InChI is InChI=1S/C6H6N4O/c7-5-2-1-4(11)3-6(5)9-10-8/h1-3,11H,7H2. The molecule has 0 radical (unpaired) electrons. The lowest BCUT2D eigenvalue weighted by Crippen LogP contribution is -1.83. The Morgan fingerprint density at radius 3 is 2.91 bits per heavy atom. The van der Waals surface area contributed by atoms with Crippen molar-refractivity contribution < 1.29 is 5.11 Å². The molecule has 1 rings (SSSR count). The van der Waals surface area contributed by atoms with Gasteiger partial charge in [-0.1, -0.05) is 5.11 Å². The number of nitrogen functional groups attached to an aromatic ring is 1. The van der Waals surface area contributed by atoms with Crippen molar-refractivity contribution in [3.63, 3.8) is 0 Å². The molecule has 1 aromatic rings. The van der Waals surface area contributed by atoms with E-state index in [0.717, 1.165) is 0 Å². The van der Waals surface area contributed by atoms with Gasteiger partial charge in [0.1, 0.15) is 5.75 Å². The predicted octanol–water partition coefficient (Wildman–Crippen LogP) is 1.92. The number of rotatable bonds is 1. The van der Waals surface area contributed by atoms with Crippen LogP contribution in [0.5, 0.6) is 5.75 Å². The number of hydrogen-bond acceptors (Lipinski definition) is 3. The van der Waals surface area contributed by atoms with Crippen molar-refractivity contribution in [2.24, 2.45) is 5.11 Å². The van der Waals surface area contributed by atoms with E-state index in [1.54, 1.807) is 0 Å². The van der Waals surface area contributed by atoms with E-state index in [2.05, 4.69) is 10.0 Å². The largest absolute Gasteiger partial charge is 0.508 e. The Morgan fingerprint density at radius 2 is 2.27 bits per heavy atom. The van der Waals surface area contributed by atoms with Crippen molar-refractivity contribution in [3.8, 4) is 5.75 Å². The predicted molar refractivity (Wildman–Crippen MR) is 41.3 cm³/mol. The van der Waals surface area contributed by atoms with Crippen molar-refractivity contribution in [1.29, 1.82) is 0 Å².